The SMILES string of the molecule is CCC1(CC)c2cc(C(N)=O)ccc2C[C@H](OC)[C@H]1N(C)CC[C@H](CC1CCCCC1)C(=O)O. The summed E-state index contributed by atoms with van der Waals surface area (Å²) in [4.78, 5) is 26.4. The molecule has 0 heterocycles. The number of likely N-dealkylation sites (N-methyl/N-ethyl adjacent to an activating group) is 1. The van der Waals surface area contributed by atoms with Crippen LogP contribution in [-0.2, 0) is 21.4 Å². The van der Waals surface area contributed by atoms with Crippen LogP contribution < -0.4 is 5.73 Å². The fraction of sp³-hybridized carbons (Fsp3) is 0.714. The average molecular weight is 473 g/mol. The van der Waals surface area contributed by atoms with Crippen LogP contribution in [0.4, 0.5) is 0 Å². The number of carbonyl (C=O) groups is 2. The quantitative estimate of drug-likeness (QED) is 0.484. The van der Waals surface area contributed by atoms with Gasteiger partial charge in [-0.3, -0.25) is 14.5 Å². The molecule has 0 aliphatic heterocycles. The van der Waals surface area contributed by atoms with Crippen molar-refractivity contribution in [3.8, 4) is 0 Å². The molecule has 0 spiro atoms. The number of benzene rings is 1. The predicted molar refractivity (Wildman–Crippen MR) is 135 cm³/mol. The summed E-state index contributed by atoms with van der Waals surface area (Å²) in [6.45, 7) is 5.11. The van der Waals surface area contributed by atoms with Crippen LogP contribution in [0.1, 0.15) is 93.1 Å². The highest BCUT2D eigenvalue weighted by Crippen LogP contribution is 2.46. The Labute approximate surface area is 205 Å². The van der Waals surface area contributed by atoms with Gasteiger partial charge in [0.05, 0.1) is 12.0 Å². The van der Waals surface area contributed by atoms with Crippen molar-refractivity contribution in [3.63, 3.8) is 0 Å². The first-order valence-corrected chi connectivity index (χ1v) is 13.2. The smallest absolute Gasteiger partial charge is 0.306 e. The minimum Gasteiger partial charge on any atom is -0.481 e. The Balaban J connectivity index is 1.85. The molecule has 2 aliphatic carbocycles. The lowest BCUT2D eigenvalue weighted by atomic mass is 9.61. The van der Waals surface area contributed by atoms with E-state index < -0.39 is 11.9 Å². The Hall–Kier alpha value is -1.92. The van der Waals surface area contributed by atoms with Crippen LogP contribution in [0.3, 0.4) is 0 Å². The molecule has 0 saturated heterocycles. The van der Waals surface area contributed by atoms with Gasteiger partial charge >= 0.3 is 5.97 Å². The van der Waals surface area contributed by atoms with Gasteiger partial charge in [-0.2, -0.15) is 0 Å². The lowest BCUT2D eigenvalue weighted by molar-refractivity contribution is -0.143. The van der Waals surface area contributed by atoms with Crippen LogP contribution in [0.5, 0.6) is 0 Å². The number of hydrogen-bond donors (Lipinski definition) is 2. The molecule has 3 atom stereocenters. The van der Waals surface area contributed by atoms with Crippen molar-refractivity contribution in [1.29, 1.82) is 0 Å². The summed E-state index contributed by atoms with van der Waals surface area (Å²) in [5, 5.41) is 9.95. The minimum absolute atomic E-state index is 0.00143. The minimum atomic E-state index is -0.667. The molecule has 3 rings (SSSR count). The lowest BCUT2D eigenvalue weighted by Crippen LogP contribution is -2.59. The van der Waals surface area contributed by atoms with Crippen molar-refractivity contribution in [2.24, 2.45) is 17.6 Å². The molecule has 1 aromatic rings. The highest BCUT2D eigenvalue weighted by atomic mass is 16.5. The Morgan fingerprint density at radius 1 is 1.21 bits per heavy atom. The van der Waals surface area contributed by atoms with E-state index in [1.807, 2.05) is 18.2 Å². The molecule has 34 heavy (non-hydrogen) atoms. The zero-order valence-corrected chi connectivity index (χ0v) is 21.5. The maximum atomic E-state index is 12.1. The number of primary amides is 1. The summed E-state index contributed by atoms with van der Waals surface area (Å²) in [5.41, 5.74) is 8.37. The topological polar surface area (TPSA) is 92.9 Å². The molecule has 0 bridgehead atoms. The third-order valence-electron chi connectivity index (χ3n) is 8.83. The number of nitrogens with zero attached hydrogens (tertiary/aromatic N) is 1. The molecule has 0 aromatic heterocycles. The van der Waals surface area contributed by atoms with Crippen molar-refractivity contribution in [3.05, 3.63) is 34.9 Å². The largest absolute Gasteiger partial charge is 0.481 e. The number of hydrogen-bond acceptors (Lipinski definition) is 4. The first-order chi connectivity index (χ1) is 16.3. The Kier molecular flexibility index (Phi) is 9.16. The number of amides is 1. The van der Waals surface area contributed by atoms with Gasteiger partial charge in [-0.15, -0.1) is 0 Å². The number of carboxylic acid groups (broad SMARTS) is 1. The van der Waals surface area contributed by atoms with Gasteiger partial charge in [0.15, 0.2) is 0 Å². The second-order valence-corrected chi connectivity index (χ2v) is 10.6. The van der Waals surface area contributed by atoms with E-state index in [1.165, 1.54) is 43.2 Å². The second kappa shape index (κ2) is 11.7. The molecule has 6 heteroatoms. The van der Waals surface area contributed by atoms with Crippen LogP contribution in [0.25, 0.3) is 0 Å². The molecule has 0 unspecified atom stereocenters. The summed E-state index contributed by atoms with van der Waals surface area (Å²) >= 11 is 0. The van der Waals surface area contributed by atoms with E-state index in [0.717, 1.165) is 25.7 Å². The third kappa shape index (κ3) is 5.49. The number of nitrogens with two attached hydrogens (primary N) is 1. The summed E-state index contributed by atoms with van der Waals surface area (Å²) in [7, 11) is 3.88. The first kappa shape index (κ1) is 26.7. The predicted octanol–water partition coefficient (Wildman–Crippen LogP) is 4.78. The number of rotatable bonds is 11. The third-order valence-corrected chi connectivity index (χ3v) is 8.83. The normalized spacial score (nSPS) is 23.4. The highest BCUT2D eigenvalue weighted by Gasteiger charge is 2.48. The zero-order chi connectivity index (χ0) is 24.9. The number of carboxylic acids is 1. The van der Waals surface area contributed by atoms with Crippen molar-refractivity contribution in [2.75, 3.05) is 20.7 Å². The van der Waals surface area contributed by atoms with Crippen molar-refractivity contribution >= 4 is 11.9 Å². The summed E-state index contributed by atoms with van der Waals surface area (Å²) < 4.78 is 6.04. The summed E-state index contributed by atoms with van der Waals surface area (Å²) in [6.07, 6.45) is 10.1. The van der Waals surface area contributed by atoms with E-state index >= 15 is 0 Å². The Morgan fingerprint density at radius 2 is 1.88 bits per heavy atom. The maximum absolute atomic E-state index is 12.1. The van der Waals surface area contributed by atoms with Crippen molar-refractivity contribution in [1.82, 2.24) is 4.90 Å². The van der Waals surface area contributed by atoms with Gasteiger partial charge in [0.1, 0.15) is 0 Å². The molecular formula is C28H44N2O4. The van der Waals surface area contributed by atoms with Gasteiger partial charge in [0, 0.05) is 30.6 Å². The van der Waals surface area contributed by atoms with Crippen molar-refractivity contribution < 1.29 is 19.4 Å². The molecular weight excluding hydrogens is 428 g/mol. The van der Waals surface area contributed by atoms with Crippen LogP contribution in [-0.4, -0.2) is 54.7 Å². The Bertz CT molecular complexity index is 845. The molecule has 3 N–H and O–H groups in total. The number of ether oxygens (including phenoxy) is 1. The molecule has 0 radical (unpaired) electrons. The van der Waals surface area contributed by atoms with Crippen LogP contribution in [0.15, 0.2) is 18.2 Å². The molecule has 2 aliphatic rings. The van der Waals surface area contributed by atoms with E-state index in [9.17, 15) is 14.7 Å². The van der Waals surface area contributed by atoms with Crippen LogP contribution in [0.2, 0.25) is 0 Å². The van der Waals surface area contributed by atoms with E-state index in [1.54, 1.807) is 7.11 Å². The Morgan fingerprint density at radius 3 is 2.44 bits per heavy atom. The van der Waals surface area contributed by atoms with E-state index in [4.69, 9.17) is 10.5 Å². The standard InChI is InChI=1S/C28H44N2O4/c1-5-28(6-2)23-17-21(26(29)31)13-12-20(23)18-24(34-4)25(28)30(3)15-14-22(27(32)33)16-19-10-8-7-9-11-19/h12-13,17,19,22,24-25H,5-11,14-16,18H2,1-4H3,(H2,29,31)(H,32,33)/t22-,24+,25-/m1/s1. The van der Waals surface area contributed by atoms with Crippen molar-refractivity contribution in [2.45, 2.75) is 95.6 Å². The van der Waals surface area contributed by atoms with E-state index in [-0.39, 0.29) is 23.5 Å². The van der Waals surface area contributed by atoms with Gasteiger partial charge in [-0.1, -0.05) is 52.0 Å². The molecule has 6 nitrogen and oxygen atoms in total. The monoisotopic (exact) mass is 472 g/mol. The number of methoxy groups -OCH3 is 1. The molecule has 1 fully saturated rings. The first-order valence-electron chi connectivity index (χ1n) is 13.2. The second-order valence-electron chi connectivity index (χ2n) is 10.6. The van der Waals surface area contributed by atoms with E-state index in [0.29, 0.717) is 24.4 Å². The highest BCUT2D eigenvalue weighted by molar-refractivity contribution is 5.93. The van der Waals surface area contributed by atoms with Gasteiger partial charge in [-0.25, -0.2) is 0 Å². The lowest BCUT2D eigenvalue weighted by Gasteiger charge is -2.52. The van der Waals surface area contributed by atoms with Gasteiger partial charge in [0.25, 0.3) is 0 Å². The number of aliphatic carboxylic acids is 1. The number of carbonyl (C=O) groups excluding carboxylic acids is 1. The maximum Gasteiger partial charge on any atom is 0.306 e. The number of fused-ring (bicyclic) bond motifs is 1. The molecule has 1 saturated carbocycles. The van der Waals surface area contributed by atoms with Crippen LogP contribution >= 0.6 is 0 Å². The van der Waals surface area contributed by atoms with Gasteiger partial charge < -0.3 is 15.6 Å². The molecule has 1 aromatic carbocycles. The van der Waals surface area contributed by atoms with Gasteiger partial charge in [-0.05, 0) is 68.5 Å². The molecule has 1 amide bonds. The molecule has 190 valence electrons. The van der Waals surface area contributed by atoms with E-state index in [2.05, 4.69) is 25.8 Å². The zero-order valence-electron chi connectivity index (χ0n) is 21.5. The fourth-order valence-corrected chi connectivity index (χ4v) is 6.85. The van der Waals surface area contributed by atoms with Crippen LogP contribution in [0, 0.1) is 11.8 Å². The average Bonchev–Trinajstić information content (AvgIpc) is 2.85. The summed E-state index contributed by atoms with van der Waals surface area (Å²) in [5.74, 6) is -0.832. The fourth-order valence-electron chi connectivity index (χ4n) is 6.85. The van der Waals surface area contributed by atoms with Gasteiger partial charge in [0.2, 0.25) is 5.91 Å². The summed E-state index contributed by atoms with van der Waals surface area (Å²) in [6, 6.07) is 5.92.